The van der Waals surface area contributed by atoms with Gasteiger partial charge < -0.3 is 5.32 Å². The van der Waals surface area contributed by atoms with E-state index in [1.165, 1.54) is 29.7 Å². The van der Waals surface area contributed by atoms with Crippen molar-refractivity contribution in [2.75, 3.05) is 25.0 Å². The molecule has 4 nitrogen and oxygen atoms in total. The van der Waals surface area contributed by atoms with E-state index in [-0.39, 0.29) is 5.91 Å². The van der Waals surface area contributed by atoms with Crippen LogP contribution in [0.1, 0.15) is 55.5 Å². The molecule has 24 heavy (non-hydrogen) atoms. The van der Waals surface area contributed by atoms with Gasteiger partial charge in [-0.15, -0.1) is 11.3 Å². The van der Waals surface area contributed by atoms with Gasteiger partial charge in [-0.1, -0.05) is 20.3 Å². The van der Waals surface area contributed by atoms with Crippen molar-refractivity contribution in [3.05, 3.63) is 16.0 Å². The van der Waals surface area contributed by atoms with Crippen molar-refractivity contribution in [2.24, 2.45) is 11.8 Å². The third-order valence-corrected chi connectivity index (χ3v) is 6.72. The second-order valence-corrected chi connectivity index (χ2v) is 8.45. The minimum atomic E-state index is 0.0201. The first-order chi connectivity index (χ1) is 11.6. The molecule has 1 aromatic rings. The number of rotatable bonds is 4. The molecule has 0 aromatic carbocycles. The fraction of sp³-hybridized carbons (Fsp3) is 0.684. The summed E-state index contributed by atoms with van der Waals surface area (Å²) in [5.41, 5.74) is 1.90. The highest BCUT2D eigenvalue weighted by atomic mass is 32.1. The lowest BCUT2D eigenvalue weighted by Crippen LogP contribution is -2.38. The number of piperidine rings is 1. The van der Waals surface area contributed by atoms with Gasteiger partial charge in [0, 0.05) is 4.88 Å². The number of nitriles is 1. The first kappa shape index (κ1) is 17.4. The van der Waals surface area contributed by atoms with Gasteiger partial charge in [-0.2, -0.15) is 5.26 Å². The van der Waals surface area contributed by atoms with Crippen LogP contribution in [-0.2, 0) is 17.6 Å². The molecule has 1 saturated heterocycles. The van der Waals surface area contributed by atoms with Crippen molar-refractivity contribution >= 4 is 22.2 Å². The molecule has 1 aliphatic carbocycles. The molecule has 1 atom stereocenters. The van der Waals surface area contributed by atoms with Crippen LogP contribution in [0.2, 0.25) is 0 Å². The smallest absolute Gasteiger partial charge is 0.239 e. The zero-order valence-corrected chi connectivity index (χ0v) is 15.5. The van der Waals surface area contributed by atoms with Gasteiger partial charge in [0.2, 0.25) is 5.91 Å². The number of carbonyl (C=O) groups excluding carboxylic acids is 1. The summed E-state index contributed by atoms with van der Waals surface area (Å²) in [6.45, 7) is 6.95. The number of hydrogen-bond acceptors (Lipinski definition) is 4. The number of nitrogens with one attached hydrogen (secondary N) is 1. The van der Waals surface area contributed by atoms with Crippen LogP contribution >= 0.6 is 11.3 Å². The van der Waals surface area contributed by atoms with Crippen molar-refractivity contribution in [1.82, 2.24) is 4.90 Å². The standard InChI is InChI=1S/C19H27N3OS/c1-3-14-4-5-15-16(11-20)19(24-17(15)10-14)21-18(23)12-22-8-6-13(2)7-9-22/h13-14H,3-10,12H2,1-2H3,(H,21,23). The van der Waals surface area contributed by atoms with E-state index in [4.69, 9.17) is 0 Å². The molecule has 1 aliphatic heterocycles. The van der Waals surface area contributed by atoms with E-state index in [9.17, 15) is 10.1 Å². The van der Waals surface area contributed by atoms with Gasteiger partial charge in [0.05, 0.1) is 12.1 Å². The average molecular weight is 346 g/mol. The maximum absolute atomic E-state index is 12.4. The molecule has 2 heterocycles. The number of carbonyl (C=O) groups is 1. The zero-order chi connectivity index (χ0) is 17.1. The second kappa shape index (κ2) is 7.67. The van der Waals surface area contributed by atoms with Crippen molar-refractivity contribution in [2.45, 2.75) is 52.4 Å². The van der Waals surface area contributed by atoms with Crippen LogP contribution in [0, 0.1) is 23.2 Å². The van der Waals surface area contributed by atoms with Crippen LogP contribution in [0.3, 0.4) is 0 Å². The van der Waals surface area contributed by atoms with Crippen molar-refractivity contribution in [1.29, 1.82) is 5.26 Å². The van der Waals surface area contributed by atoms with Crippen LogP contribution < -0.4 is 5.32 Å². The van der Waals surface area contributed by atoms with Gasteiger partial charge in [-0.25, -0.2) is 0 Å². The third kappa shape index (κ3) is 3.81. The molecule has 130 valence electrons. The Bertz CT molecular complexity index is 638. The van der Waals surface area contributed by atoms with Crippen LogP contribution in [0.25, 0.3) is 0 Å². The Morgan fingerprint density at radius 2 is 2.12 bits per heavy atom. The Balaban J connectivity index is 1.66. The number of anilines is 1. The summed E-state index contributed by atoms with van der Waals surface area (Å²) in [7, 11) is 0. The zero-order valence-electron chi connectivity index (χ0n) is 14.7. The molecule has 3 rings (SSSR count). The summed E-state index contributed by atoms with van der Waals surface area (Å²) in [6, 6.07) is 2.33. The molecule has 0 spiro atoms. The van der Waals surface area contributed by atoms with E-state index in [0.717, 1.165) is 49.2 Å². The van der Waals surface area contributed by atoms with Gasteiger partial charge in [0.25, 0.3) is 0 Å². The first-order valence-corrected chi connectivity index (χ1v) is 9.99. The van der Waals surface area contributed by atoms with Gasteiger partial charge >= 0.3 is 0 Å². The quantitative estimate of drug-likeness (QED) is 0.903. The predicted octanol–water partition coefficient (Wildman–Crippen LogP) is 3.81. The fourth-order valence-electron chi connectivity index (χ4n) is 3.80. The Morgan fingerprint density at radius 3 is 2.79 bits per heavy atom. The van der Waals surface area contributed by atoms with Crippen LogP contribution in [0.5, 0.6) is 0 Å². The SMILES string of the molecule is CCC1CCc2c(sc(NC(=O)CN3CCC(C)CC3)c2C#N)C1. The highest BCUT2D eigenvalue weighted by molar-refractivity contribution is 7.16. The lowest BCUT2D eigenvalue weighted by atomic mass is 9.86. The van der Waals surface area contributed by atoms with Crippen LogP contribution in [-0.4, -0.2) is 30.4 Å². The van der Waals surface area contributed by atoms with Gasteiger partial charge in [0.1, 0.15) is 11.1 Å². The summed E-state index contributed by atoms with van der Waals surface area (Å²) < 4.78 is 0. The highest BCUT2D eigenvalue weighted by Crippen LogP contribution is 2.39. The van der Waals surface area contributed by atoms with E-state index < -0.39 is 0 Å². The van der Waals surface area contributed by atoms with Gasteiger partial charge in [-0.05, 0) is 62.6 Å². The topological polar surface area (TPSA) is 56.1 Å². The summed E-state index contributed by atoms with van der Waals surface area (Å²) in [5.74, 6) is 1.51. The van der Waals surface area contributed by atoms with E-state index in [1.54, 1.807) is 11.3 Å². The number of amides is 1. The highest BCUT2D eigenvalue weighted by Gasteiger charge is 2.26. The van der Waals surface area contributed by atoms with E-state index in [2.05, 4.69) is 30.1 Å². The largest absolute Gasteiger partial charge is 0.315 e. The van der Waals surface area contributed by atoms with Crippen LogP contribution in [0.4, 0.5) is 5.00 Å². The minimum absolute atomic E-state index is 0.0201. The second-order valence-electron chi connectivity index (χ2n) is 7.34. The molecule has 5 heteroatoms. The molecule has 0 saturated carbocycles. The lowest BCUT2D eigenvalue weighted by molar-refractivity contribution is -0.117. The predicted molar refractivity (Wildman–Crippen MR) is 98.3 cm³/mol. The lowest BCUT2D eigenvalue weighted by Gasteiger charge is -2.29. The number of likely N-dealkylation sites (tertiary alicyclic amines) is 1. The molecule has 0 bridgehead atoms. The molecular weight excluding hydrogens is 318 g/mol. The first-order valence-electron chi connectivity index (χ1n) is 9.17. The number of fused-ring (bicyclic) bond motifs is 1. The maximum Gasteiger partial charge on any atom is 0.239 e. The minimum Gasteiger partial charge on any atom is -0.315 e. The van der Waals surface area contributed by atoms with Crippen molar-refractivity contribution in [3.8, 4) is 6.07 Å². The van der Waals surface area contributed by atoms with E-state index in [1.807, 2.05) is 0 Å². The van der Waals surface area contributed by atoms with Gasteiger partial charge in [-0.3, -0.25) is 9.69 Å². The summed E-state index contributed by atoms with van der Waals surface area (Å²) >= 11 is 1.62. The molecule has 1 aromatic heterocycles. The molecule has 1 N–H and O–H groups in total. The Kier molecular flexibility index (Phi) is 5.57. The maximum atomic E-state index is 12.4. The van der Waals surface area contributed by atoms with Crippen molar-refractivity contribution < 1.29 is 4.79 Å². The molecule has 1 amide bonds. The molecular formula is C19H27N3OS. The molecule has 1 unspecified atom stereocenters. The Labute approximate surface area is 148 Å². The monoisotopic (exact) mass is 345 g/mol. The third-order valence-electron chi connectivity index (χ3n) is 5.55. The van der Waals surface area contributed by atoms with Crippen molar-refractivity contribution in [3.63, 3.8) is 0 Å². The number of thiophene rings is 1. The van der Waals surface area contributed by atoms with E-state index in [0.29, 0.717) is 12.1 Å². The number of nitrogens with zero attached hydrogens (tertiary/aromatic N) is 2. The fourth-order valence-corrected chi connectivity index (χ4v) is 5.13. The Hall–Kier alpha value is -1.38. The molecule has 2 aliphatic rings. The summed E-state index contributed by atoms with van der Waals surface area (Å²) in [4.78, 5) is 15.9. The average Bonchev–Trinajstić information content (AvgIpc) is 2.92. The normalized spacial score (nSPS) is 22.0. The molecule has 0 radical (unpaired) electrons. The summed E-state index contributed by atoms with van der Waals surface area (Å²) in [5, 5.41) is 13.3. The Morgan fingerprint density at radius 1 is 1.38 bits per heavy atom. The van der Waals surface area contributed by atoms with E-state index >= 15 is 0 Å². The summed E-state index contributed by atoms with van der Waals surface area (Å²) in [6.07, 6.45) is 6.73. The molecule has 1 fully saturated rings. The number of hydrogen-bond donors (Lipinski definition) is 1. The van der Waals surface area contributed by atoms with Gasteiger partial charge in [0.15, 0.2) is 0 Å². The van der Waals surface area contributed by atoms with Crippen LogP contribution in [0.15, 0.2) is 0 Å².